The number of nitro groups is 1. The summed E-state index contributed by atoms with van der Waals surface area (Å²) in [7, 11) is 1.73. The van der Waals surface area contributed by atoms with Crippen molar-refractivity contribution in [3.05, 3.63) is 58.5 Å². The molecule has 4 rings (SSSR count). The van der Waals surface area contributed by atoms with E-state index in [0.717, 1.165) is 31.5 Å². The number of aromatic nitrogens is 4. The van der Waals surface area contributed by atoms with Gasteiger partial charge in [0.15, 0.2) is 11.8 Å². The van der Waals surface area contributed by atoms with Gasteiger partial charge in [0.2, 0.25) is 5.82 Å². The molecule has 0 bridgehead atoms. The van der Waals surface area contributed by atoms with Gasteiger partial charge in [-0.3, -0.25) is 19.6 Å². The molecule has 33 heavy (non-hydrogen) atoms. The van der Waals surface area contributed by atoms with Crippen molar-refractivity contribution in [3.63, 3.8) is 0 Å². The van der Waals surface area contributed by atoms with Crippen molar-refractivity contribution in [2.24, 2.45) is 13.0 Å². The first-order valence-corrected chi connectivity index (χ1v) is 10.7. The molecule has 1 aliphatic rings. The van der Waals surface area contributed by atoms with Crippen molar-refractivity contribution in [1.29, 1.82) is 0 Å². The van der Waals surface area contributed by atoms with Gasteiger partial charge in [-0.2, -0.15) is 5.10 Å². The molecule has 0 aliphatic carbocycles. The van der Waals surface area contributed by atoms with Gasteiger partial charge in [0.1, 0.15) is 12.1 Å². The number of nitrogens with one attached hydrogen (secondary N) is 2. The predicted molar refractivity (Wildman–Crippen MR) is 121 cm³/mol. The van der Waals surface area contributed by atoms with E-state index in [1.165, 1.54) is 6.33 Å². The number of benzene rings is 1. The molecule has 3 heterocycles. The number of rotatable bonds is 9. The molecule has 1 unspecified atom stereocenters. The van der Waals surface area contributed by atoms with Crippen molar-refractivity contribution in [1.82, 2.24) is 25.1 Å². The molecule has 1 fully saturated rings. The van der Waals surface area contributed by atoms with Gasteiger partial charge in [0, 0.05) is 18.7 Å². The minimum atomic E-state index is -0.832. The normalized spacial score (nSPS) is 15.1. The Kier molecular flexibility index (Phi) is 6.89. The molecule has 0 saturated carbocycles. The minimum absolute atomic E-state index is 0.0115. The second-order valence-corrected chi connectivity index (χ2v) is 7.89. The SMILES string of the molecule is Cn1nc(-c2ccccc2)cc1Nc1ncnc(C(CC2CCNCC2)OC=O)c1[N+](=O)[O-]. The van der Waals surface area contributed by atoms with Crippen LogP contribution in [-0.2, 0) is 16.6 Å². The summed E-state index contributed by atoms with van der Waals surface area (Å²) in [5, 5.41) is 22.8. The van der Waals surface area contributed by atoms with Crippen molar-refractivity contribution in [3.8, 4) is 11.3 Å². The maximum absolute atomic E-state index is 12.1. The molecule has 1 aromatic carbocycles. The highest BCUT2D eigenvalue weighted by Gasteiger charge is 2.32. The number of nitrogens with zero attached hydrogens (tertiary/aromatic N) is 5. The summed E-state index contributed by atoms with van der Waals surface area (Å²) in [5.74, 6) is 0.804. The van der Waals surface area contributed by atoms with E-state index in [4.69, 9.17) is 4.74 Å². The highest BCUT2D eigenvalue weighted by Crippen LogP contribution is 2.37. The Balaban J connectivity index is 1.65. The van der Waals surface area contributed by atoms with E-state index < -0.39 is 11.0 Å². The van der Waals surface area contributed by atoms with Crippen LogP contribution in [0, 0.1) is 16.0 Å². The van der Waals surface area contributed by atoms with E-state index in [-0.39, 0.29) is 23.1 Å². The van der Waals surface area contributed by atoms with Crippen LogP contribution in [-0.4, -0.2) is 44.2 Å². The second-order valence-electron chi connectivity index (χ2n) is 7.89. The average Bonchev–Trinajstić information content (AvgIpc) is 3.20. The number of hydrogen-bond donors (Lipinski definition) is 2. The van der Waals surface area contributed by atoms with Crippen LogP contribution in [0.4, 0.5) is 17.3 Å². The third-order valence-corrected chi connectivity index (χ3v) is 5.76. The highest BCUT2D eigenvalue weighted by atomic mass is 16.6. The largest absolute Gasteiger partial charge is 0.458 e. The van der Waals surface area contributed by atoms with E-state index in [9.17, 15) is 14.9 Å². The Morgan fingerprint density at radius 1 is 1.30 bits per heavy atom. The van der Waals surface area contributed by atoms with Gasteiger partial charge in [-0.25, -0.2) is 9.97 Å². The molecule has 2 aromatic heterocycles. The van der Waals surface area contributed by atoms with Crippen molar-refractivity contribution < 1.29 is 14.5 Å². The predicted octanol–water partition coefficient (Wildman–Crippen LogP) is 3.13. The fraction of sp³-hybridized carbons (Fsp3) is 0.364. The summed E-state index contributed by atoms with van der Waals surface area (Å²) in [4.78, 5) is 31.0. The van der Waals surface area contributed by atoms with Gasteiger partial charge in [-0.15, -0.1) is 0 Å². The molecule has 1 aliphatic heterocycles. The van der Waals surface area contributed by atoms with Gasteiger partial charge >= 0.3 is 5.69 Å². The van der Waals surface area contributed by atoms with Crippen molar-refractivity contribution in [2.45, 2.75) is 25.4 Å². The molecule has 2 N–H and O–H groups in total. The van der Waals surface area contributed by atoms with Crippen molar-refractivity contribution in [2.75, 3.05) is 18.4 Å². The standard InChI is InChI=1S/C22H25N7O4/c1-28-19(12-17(27-28)16-5-3-2-4-6-16)26-22-21(29(31)32)20(24-13-25-22)18(33-14-30)11-15-7-9-23-10-8-15/h2-6,12-15,18,23H,7-11H2,1H3,(H,24,25,26). The van der Waals surface area contributed by atoms with Crippen molar-refractivity contribution >= 4 is 23.8 Å². The maximum atomic E-state index is 12.1. The van der Waals surface area contributed by atoms with E-state index >= 15 is 0 Å². The van der Waals surface area contributed by atoms with Crippen LogP contribution in [0.1, 0.15) is 31.1 Å². The Hall–Kier alpha value is -3.86. The molecule has 1 atom stereocenters. The first-order valence-electron chi connectivity index (χ1n) is 10.7. The van der Waals surface area contributed by atoms with Crippen LogP contribution in [0.5, 0.6) is 0 Å². The molecule has 0 spiro atoms. The molecule has 0 radical (unpaired) electrons. The Morgan fingerprint density at radius 2 is 2.06 bits per heavy atom. The zero-order valence-electron chi connectivity index (χ0n) is 18.2. The lowest BCUT2D eigenvalue weighted by molar-refractivity contribution is -0.385. The van der Waals surface area contributed by atoms with Gasteiger partial charge in [-0.05, 0) is 38.3 Å². The number of ether oxygens (including phenoxy) is 1. The molecular weight excluding hydrogens is 426 g/mol. The summed E-state index contributed by atoms with van der Waals surface area (Å²) in [6.45, 7) is 2.04. The number of carbonyl (C=O) groups is 1. The fourth-order valence-electron chi connectivity index (χ4n) is 4.07. The second kappa shape index (κ2) is 10.2. The lowest BCUT2D eigenvalue weighted by atomic mass is 9.90. The Morgan fingerprint density at radius 3 is 2.76 bits per heavy atom. The highest BCUT2D eigenvalue weighted by molar-refractivity contribution is 5.69. The molecule has 172 valence electrons. The number of anilines is 2. The van der Waals surface area contributed by atoms with Crippen LogP contribution < -0.4 is 10.6 Å². The third kappa shape index (κ3) is 5.14. The van der Waals surface area contributed by atoms with E-state index in [2.05, 4.69) is 25.7 Å². The molecular formula is C22H25N7O4. The van der Waals surface area contributed by atoms with Gasteiger partial charge in [0.25, 0.3) is 6.47 Å². The number of aryl methyl sites for hydroxylation is 1. The zero-order valence-corrected chi connectivity index (χ0v) is 18.2. The summed E-state index contributed by atoms with van der Waals surface area (Å²) in [5.41, 5.74) is 1.39. The van der Waals surface area contributed by atoms with Gasteiger partial charge in [-0.1, -0.05) is 30.3 Å². The number of carbonyl (C=O) groups excluding carboxylic acids is 1. The zero-order chi connectivity index (χ0) is 23.2. The molecule has 11 heteroatoms. The first kappa shape index (κ1) is 22.3. The monoisotopic (exact) mass is 451 g/mol. The first-order chi connectivity index (χ1) is 16.1. The topological polar surface area (TPSA) is 137 Å². The van der Waals surface area contributed by atoms with Crippen LogP contribution in [0.2, 0.25) is 0 Å². The fourth-order valence-corrected chi connectivity index (χ4v) is 4.07. The molecule has 0 amide bonds. The van der Waals surface area contributed by atoms with E-state index in [1.807, 2.05) is 30.3 Å². The Labute approximate surface area is 190 Å². The minimum Gasteiger partial charge on any atom is -0.458 e. The molecule has 3 aromatic rings. The summed E-state index contributed by atoms with van der Waals surface area (Å²) >= 11 is 0. The van der Waals surface area contributed by atoms with Crippen LogP contribution in [0.3, 0.4) is 0 Å². The van der Waals surface area contributed by atoms with Crippen LogP contribution in [0.15, 0.2) is 42.7 Å². The van der Waals surface area contributed by atoms with Crippen LogP contribution >= 0.6 is 0 Å². The molecule has 11 nitrogen and oxygen atoms in total. The quantitative estimate of drug-likeness (QED) is 0.285. The van der Waals surface area contributed by atoms with E-state index in [0.29, 0.717) is 24.4 Å². The smallest absolute Gasteiger partial charge is 0.336 e. The Bertz CT molecular complexity index is 1110. The number of hydrogen-bond acceptors (Lipinski definition) is 9. The lowest BCUT2D eigenvalue weighted by Gasteiger charge is -2.25. The third-order valence-electron chi connectivity index (χ3n) is 5.76. The van der Waals surface area contributed by atoms with Crippen LogP contribution in [0.25, 0.3) is 11.3 Å². The van der Waals surface area contributed by atoms with Gasteiger partial charge in [0.05, 0.1) is 10.6 Å². The van der Waals surface area contributed by atoms with E-state index in [1.54, 1.807) is 17.8 Å². The summed E-state index contributed by atoms with van der Waals surface area (Å²) in [6, 6.07) is 11.4. The molecule has 1 saturated heterocycles. The summed E-state index contributed by atoms with van der Waals surface area (Å²) in [6.07, 6.45) is 2.67. The average molecular weight is 451 g/mol. The lowest BCUT2D eigenvalue weighted by Crippen LogP contribution is -2.29. The number of piperidine rings is 1. The summed E-state index contributed by atoms with van der Waals surface area (Å²) < 4.78 is 6.86. The van der Waals surface area contributed by atoms with Gasteiger partial charge < -0.3 is 15.4 Å². The maximum Gasteiger partial charge on any atom is 0.336 e.